The van der Waals surface area contributed by atoms with Crippen LogP contribution in [0.25, 0.3) is 0 Å². The molecule has 0 aliphatic carbocycles. The molecule has 7 nitrogen and oxygen atoms in total. The maximum absolute atomic E-state index is 14.0. The van der Waals surface area contributed by atoms with Crippen LogP contribution >= 0.6 is 0 Å². The molecule has 1 saturated heterocycles. The van der Waals surface area contributed by atoms with Gasteiger partial charge in [-0.05, 0) is 24.1 Å². The molecule has 0 bridgehead atoms. The lowest BCUT2D eigenvalue weighted by atomic mass is 10.1. The van der Waals surface area contributed by atoms with E-state index in [-0.39, 0.29) is 25.3 Å². The summed E-state index contributed by atoms with van der Waals surface area (Å²) < 4.78 is 29.8. The second kappa shape index (κ2) is 7.58. The zero-order chi connectivity index (χ0) is 18.6. The molecule has 0 aromatic heterocycles. The van der Waals surface area contributed by atoms with E-state index in [1.165, 1.54) is 26.2 Å². The third kappa shape index (κ3) is 3.94. The first-order valence-electron chi connectivity index (χ1n) is 7.83. The summed E-state index contributed by atoms with van der Waals surface area (Å²) in [7, 11) is 4.51. The van der Waals surface area contributed by atoms with Crippen LogP contribution < -0.4 is 14.2 Å². The molecule has 0 radical (unpaired) electrons. The van der Waals surface area contributed by atoms with E-state index in [0.29, 0.717) is 23.7 Å². The summed E-state index contributed by atoms with van der Waals surface area (Å²) >= 11 is 0. The van der Waals surface area contributed by atoms with E-state index < -0.39 is 18.2 Å². The van der Waals surface area contributed by atoms with E-state index in [1.54, 1.807) is 12.1 Å². The Balaban J connectivity index is 2.04. The Morgan fingerprint density at radius 3 is 2.24 bits per heavy atom. The minimum Gasteiger partial charge on any atom is -0.493 e. The fraction of sp³-hybridized carbons (Fsp3) is 0.529. The number of hydrogen-bond acceptors (Lipinski definition) is 5. The van der Waals surface area contributed by atoms with Crippen LogP contribution in [0.15, 0.2) is 12.1 Å². The molecule has 1 amide bonds. The number of carbonyl (C=O) groups excluding carboxylic acids is 1. The standard InChI is InChI=1S/C17H22FNO6/c1-23-12-8-11(9-13(24-2)15(12)25-3)4-5-14(20)19-7-6-17(18,10-19)16(21)22/h8-9H,4-7,10H2,1-3H3,(H,21,22). The van der Waals surface area contributed by atoms with E-state index in [9.17, 15) is 14.0 Å². The molecule has 1 unspecified atom stereocenters. The van der Waals surface area contributed by atoms with Crippen LogP contribution in [0.5, 0.6) is 17.2 Å². The first kappa shape index (κ1) is 18.8. The fourth-order valence-electron chi connectivity index (χ4n) is 2.85. The number of rotatable bonds is 7. The lowest BCUT2D eigenvalue weighted by Crippen LogP contribution is -2.38. The molecule has 0 saturated carbocycles. The van der Waals surface area contributed by atoms with Crippen LogP contribution in [-0.2, 0) is 16.0 Å². The molecule has 8 heteroatoms. The van der Waals surface area contributed by atoms with Crippen molar-refractivity contribution in [3.05, 3.63) is 17.7 Å². The molecular weight excluding hydrogens is 333 g/mol. The summed E-state index contributed by atoms with van der Waals surface area (Å²) in [4.78, 5) is 24.4. The van der Waals surface area contributed by atoms with Gasteiger partial charge in [-0.15, -0.1) is 0 Å². The van der Waals surface area contributed by atoms with E-state index in [1.807, 2.05) is 0 Å². The number of hydrogen-bond donors (Lipinski definition) is 1. The van der Waals surface area contributed by atoms with Gasteiger partial charge in [0.1, 0.15) is 0 Å². The third-order valence-electron chi connectivity index (χ3n) is 4.31. The monoisotopic (exact) mass is 355 g/mol. The number of carboxylic acids is 1. The highest BCUT2D eigenvalue weighted by molar-refractivity contribution is 5.82. The summed E-state index contributed by atoms with van der Waals surface area (Å²) in [5, 5.41) is 8.89. The van der Waals surface area contributed by atoms with Crippen LogP contribution in [0.2, 0.25) is 0 Å². The molecule has 1 fully saturated rings. The smallest absolute Gasteiger partial charge is 0.343 e. The van der Waals surface area contributed by atoms with Crippen molar-refractivity contribution in [2.75, 3.05) is 34.4 Å². The van der Waals surface area contributed by atoms with Gasteiger partial charge in [-0.2, -0.15) is 0 Å². The largest absolute Gasteiger partial charge is 0.493 e. The zero-order valence-corrected chi connectivity index (χ0v) is 14.5. The number of ether oxygens (including phenoxy) is 3. The number of alkyl halides is 1. The lowest BCUT2D eigenvalue weighted by Gasteiger charge is -2.18. The van der Waals surface area contributed by atoms with Gasteiger partial charge in [0, 0.05) is 19.4 Å². The van der Waals surface area contributed by atoms with Crippen molar-refractivity contribution >= 4 is 11.9 Å². The van der Waals surface area contributed by atoms with Gasteiger partial charge < -0.3 is 24.2 Å². The van der Waals surface area contributed by atoms with Gasteiger partial charge in [-0.1, -0.05) is 0 Å². The van der Waals surface area contributed by atoms with Crippen molar-refractivity contribution in [1.29, 1.82) is 0 Å². The first-order chi connectivity index (χ1) is 11.8. The number of benzene rings is 1. The van der Waals surface area contributed by atoms with Crippen LogP contribution in [-0.4, -0.2) is 62.0 Å². The van der Waals surface area contributed by atoms with E-state index in [2.05, 4.69) is 0 Å². The molecule has 1 aromatic carbocycles. The molecule has 1 N–H and O–H groups in total. The second-order valence-corrected chi connectivity index (χ2v) is 5.87. The number of carboxylic acid groups (broad SMARTS) is 1. The molecule has 138 valence electrons. The Morgan fingerprint density at radius 2 is 1.80 bits per heavy atom. The predicted molar refractivity (Wildman–Crippen MR) is 87.1 cm³/mol. The minimum atomic E-state index is -2.35. The van der Waals surface area contributed by atoms with Crippen molar-refractivity contribution in [2.24, 2.45) is 0 Å². The fourth-order valence-corrected chi connectivity index (χ4v) is 2.85. The van der Waals surface area contributed by atoms with Gasteiger partial charge in [0.15, 0.2) is 11.5 Å². The van der Waals surface area contributed by atoms with Gasteiger partial charge >= 0.3 is 5.97 Å². The highest BCUT2D eigenvalue weighted by atomic mass is 19.1. The van der Waals surface area contributed by atoms with Crippen LogP contribution in [0.3, 0.4) is 0 Å². The molecule has 1 aliphatic rings. The molecule has 0 spiro atoms. The number of nitrogens with zero attached hydrogens (tertiary/aromatic N) is 1. The van der Waals surface area contributed by atoms with Gasteiger partial charge in [-0.3, -0.25) is 4.79 Å². The quantitative estimate of drug-likeness (QED) is 0.801. The number of likely N-dealkylation sites (tertiary alicyclic amines) is 1. The highest BCUT2D eigenvalue weighted by Crippen LogP contribution is 2.38. The molecule has 2 rings (SSSR count). The minimum absolute atomic E-state index is 0.108. The summed E-state index contributed by atoms with van der Waals surface area (Å²) in [6, 6.07) is 3.49. The molecule has 25 heavy (non-hydrogen) atoms. The molecule has 1 aromatic rings. The Bertz CT molecular complexity index is 640. The average molecular weight is 355 g/mol. The molecule has 1 heterocycles. The first-order valence-corrected chi connectivity index (χ1v) is 7.83. The summed E-state index contributed by atoms with van der Waals surface area (Å²) in [5.74, 6) is -0.372. The average Bonchev–Trinajstić information content (AvgIpc) is 3.02. The Hall–Kier alpha value is -2.51. The van der Waals surface area contributed by atoms with Crippen molar-refractivity contribution in [1.82, 2.24) is 4.90 Å². The second-order valence-electron chi connectivity index (χ2n) is 5.87. The Labute approximate surface area is 145 Å². The Morgan fingerprint density at radius 1 is 1.20 bits per heavy atom. The number of carbonyl (C=O) groups is 2. The number of halogens is 1. The van der Waals surface area contributed by atoms with Crippen molar-refractivity contribution in [2.45, 2.75) is 24.9 Å². The highest BCUT2D eigenvalue weighted by Gasteiger charge is 2.46. The number of aryl methyl sites for hydroxylation is 1. The normalized spacial score (nSPS) is 19.6. The van der Waals surface area contributed by atoms with Crippen LogP contribution in [0.4, 0.5) is 4.39 Å². The van der Waals surface area contributed by atoms with Crippen molar-refractivity contribution < 1.29 is 33.3 Å². The van der Waals surface area contributed by atoms with E-state index in [0.717, 1.165) is 5.56 Å². The molecule has 1 atom stereocenters. The van der Waals surface area contributed by atoms with Crippen molar-refractivity contribution in [3.63, 3.8) is 0 Å². The van der Waals surface area contributed by atoms with Gasteiger partial charge in [0.2, 0.25) is 17.3 Å². The summed E-state index contributed by atoms with van der Waals surface area (Å²) in [6.07, 6.45) is 0.338. The van der Waals surface area contributed by atoms with Gasteiger partial charge in [-0.25, -0.2) is 9.18 Å². The van der Waals surface area contributed by atoms with E-state index in [4.69, 9.17) is 19.3 Å². The summed E-state index contributed by atoms with van der Waals surface area (Å²) in [5.41, 5.74) is -1.55. The topological polar surface area (TPSA) is 85.3 Å². The lowest BCUT2D eigenvalue weighted by molar-refractivity contribution is -0.150. The van der Waals surface area contributed by atoms with E-state index >= 15 is 0 Å². The predicted octanol–water partition coefficient (Wildman–Crippen LogP) is 1.67. The number of amides is 1. The van der Waals surface area contributed by atoms with Crippen LogP contribution in [0.1, 0.15) is 18.4 Å². The van der Waals surface area contributed by atoms with Crippen molar-refractivity contribution in [3.8, 4) is 17.2 Å². The SMILES string of the molecule is COc1cc(CCC(=O)N2CCC(F)(C(=O)O)C2)cc(OC)c1OC. The van der Waals surface area contributed by atoms with Crippen LogP contribution in [0, 0.1) is 0 Å². The number of aliphatic carboxylic acids is 1. The molecule has 1 aliphatic heterocycles. The number of methoxy groups -OCH3 is 3. The third-order valence-corrected chi connectivity index (χ3v) is 4.31. The zero-order valence-electron chi connectivity index (χ0n) is 14.5. The molecular formula is C17H22FNO6. The van der Waals surface area contributed by atoms with Gasteiger partial charge in [0.05, 0.1) is 27.9 Å². The van der Waals surface area contributed by atoms with Gasteiger partial charge in [0.25, 0.3) is 0 Å². The summed E-state index contributed by atoms with van der Waals surface area (Å²) in [6.45, 7) is -0.298. The maximum atomic E-state index is 14.0. The Kier molecular flexibility index (Phi) is 5.71. The maximum Gasteiger partial charge on any atom is 0.343 e.